The molecule has 0 radical (unpaired) electrons. The van der Waals surface area contributed by atoms with Gasteiger partial charge >= 0.3 is 0 Å². The number of nitrogens with zero attached hydrogens (tertiary/aromatic N) is 6. The van der Waals surface area contributed by atoms with E-state index >= 15 is 0 Å². The maximum absolute atomic E-state index is 14.3. The summed E-state index contributed by atoms with van der Waals surface area (Å²) in [7, 11) is 0. The van der Waals surface area contributed by atoms with Gasteiger partial charge in [-0.05, 0) is 68.9 Å². The van der Waals surface area contributed by atoms with Crippen LogP contribution in [0.1, 0.15) is 66.6 Å². The summed E-state index contributed by atoms with van der Waals surface area (Å²) >= 11 is 0. The van der Waals surface area contributed by atoms with E-state index in [0.717, 1.165) is 36.3 Å². The van der Waals surface area contributed by atoms with Crippen molar-refractivity contribution in [1.29, 1.82) is 0 Å². The van der Waals surface area contributed by atoms with Crippen LogP contribution in [0.3, 0.4) is 0 Å². The molecule has 2 N–H and O–H groups in total. The van der Waals surface area contributed by atoms with Gasteiger partial charge in [0.15, 0.2) is 11.5 Å². The number of amides is 2. The number of carbonyl (C=O) groups excluding carboxylic acids is 2. The van der Waals surface area contributed by atoms with E-state index in [-0.39, 0.29) is 35.5 Å². The third kappa shape index (κ3) is 4.30. The molecule has 3 atom stereocenters. The number of carbonyl (C=O) groups is 2. The largest absolute Gasteiger partial charge is 0.382 e. The first kappa shape index (κ1) is 24.8. The Balaban J connectivity index is 1.33. The SMILES string of the molecule is Cc1nnc2c(NCCCN3CCCC3)cc(C(=O)N3[C@@H]4c5ccccc5C[C@H]3C(=O)N[C@@H]4C(C)C)nn12. The molecule has 3 aliphatic heterocycles. The standard InChI is InChI=1S/C28H36N8O2/c1-17(2)24-25-20-10-5-4-9-19(20)15-23(27(37)30-24)35(25)28(38)22-16-21(26-32-31-18(3)36(26)33-22)29-11-8-14-34-12-6-7-13-34/h4-5,9-10,16-17,23-25,29H,6-8,11-15H2,1-3H3,(H,30,37)/t23-,24+,25+/m0/s1. The van der Waals surface area contributed by atoms with E-state index in [9.17, 15) is 9.59 Å². The van der Waals surface area contributed by atoms with Crippen LogP contribution in [-0.4, -0.2) is 79.7 Å². The number of piperazine rings is 1. The quantitative estimate of drug-likeness (QED) is 0.465. The van der Waals surface area contributed by atoms with Crippen LogP contribution >= 0.6 is 0 Å². The molecule has 5 heterocycles. The Labute approximate surface area is 222 Å². The zero-order valence-corrected chi connectivity index (χ0v) is 22.4. The number of aromatic nitrogens is 4. The fraction of sp³-hybridized carbons (Fsp3) is 0.536. The number of anilines is 1. The fourth-order valence-corrected chi connectivity index (χ4v) is 6.27. The van der Waals surface area contributed by atoms with Gasteiger partial charge in [0.1, 0.15) is 6.04 Å². The van der Waals surface area contributed by atoms with Crippen LogP contribution in [0.5, 0.6) is 0 Å². The Kier molecular flexibility index (Phi) is 6.51. The zero-order chi connectivity index (χ0) is 26.4. The highest BCUT2D eigenvalue weighted by Gasteiger charge is 2.50. The fourth-order valence-electron chi connectivity index (χ4n) is 6.27. The van der Waals surface area contributed by atoms with Crippen LogP contribution in [0.15, 0.2) is 30.3 Å². The molecule has 2 bridgehead atoms. The highest BCUT2D eigenvalue weighted by Crippen LogP contribution is 2.41. The molecule has 2 aromatic heterocycles. The van der Waals surface area contributed by atoms with Gasteiger partial charge in [0.2, 0.25) is 11.6 Å². The first-order valence-electron chi connectivity index (χ1n) is 13.8. The third-order valence-electron chi connectivity index (χ3n) is 8.24. The minimum absolute atomic E-state index is 0.107. The van der Waals surface area contributed by atoms with Crippen molar-refractivity contribution < 1.29 is 9.59 Å². The number of benzene rings is 1. The lowest BCUT2D eigenvalue weighted by atomic mass is 9.78. The Morgan fingerprint density at radius 1 is 1.18 bits per heavy atom. The number of nitrogens with one attached hydrogen (secondary N) is 2. The van der Waals surface area contributed by atoms with Gasteiger partial charge in [0.25, 0.3) is 5.91 Å². The number of aryl methyl sites for hydroxylation is 1. The van der Waals surface area contributed by atoms with Gasteiger partial charge in [0, 0.05) is 13.0 Å². The predicted molar refractivity (Wildman–Crippen MR) is 144 cm³/mol. The summed E-state index contributed by atoms with van der Waals surface area (Å²) < 4.78 is 1.63. The van der Waals surface area contributed by atoms with Crippen LogP contribution in [-0.2, 0) is 11.2 Å². The van der Waals surface area contributed by atoms with Crippen molar-refractivity contribution in [2.75, 3.05) is 31.5 Å². The lowest BCUT2D eigenvalue weighted by molar-refractivity contribution is -0.133. The monoisotopic (exact) mass is 516 g/mol. The molecule has 2 fully saturated rings. The summed E-state index contributed by atoms with van der Waals surface area (Å²) in [6.07, 6.45) is 4.04. The van der Waals surface area contributed by atoms with Crippen LogP contribution < -0.4 is 10.6 Å². The summed E-state index contributed by atoms with van der Waals surface area (Å²) in [6, 6.07) is 8.91. The van der Waals surface area contributed by atoms with E-state index < -0.39 is 6.04 Å². The molecule has 10 nitrogen and oxygen atoms in total. The summed E-state index contributed by atoms with van der Waals surface area (Å²) in [4.78, 5) is 31.8. The van der Waals surface area contributed by atoms with Crippen molar-refractivity contribution in [3.05, 3.63) is 53.0 Å². The van der Waals surface area contributed by atoms with E-state index in [0.29, 0.717) is 17.9 Å². The topological polar surface area (TPSA) is 108 Å². The molecule has 10 heteroatoms. The first-order valence-corrected chi connectivity index (χ1v) is 13.8. The van der Waals surface area contributed by atoms with Crippen LogP contribution in [0.2, 0.25) is 0 Å². The molecular weight excluding hydrogens is 480 g/mol. The number of hydrogen-bond acceptors (Lipinski definition) is 7. The molecule has 38 heavy (non-hydrogen) atoms. The van der Waals surface area contributed by atoms with Gasteiger partial charge in [-0.15, -0.1) is 10.2 Å². The highest BCUT2D eigenvalue weighted by molar-refractivity contribution is 5.99. The minimum Gasteiger partial charge on any atom is -0.382 e. The Hall–Kier alpha value is -3.53. The summed E-state index contributed by atoms with van der Waals surface area (Å²) in [5.41, 5.74) is 3.84. The van der Waals surface area contributed by atoms with Crippen LogP contribution in [0, 0.1) is 12.8 Å². The van der Waals surface area contributed by atoms with Gasteiger partial charge < -0.3 is 20.4 Å². The second kappa shape index (κ2) is 9.98. The van der Waals surface area contributed by atoms with Crippen molar-refractivity contribution in [2.24, 2.45) is 5.92 Å². The molecule has 0 spiro atoms. The average Bonchev–Trinajstić information content (AvgIpc) is 3.57. The van der Waals surface area contributed by atoms with Crippen molar-refractivity contribution in [1.82, 2.24) is 34.9 Å². The van der Waals surface area contributed by atoms with Gasteiger partial charge in [-0.1, -0.05) is 38.1 Å². The second-order valence-electron chi connectivity index (χ2n) is 11.1. The molecule has 200 valence electrons. The zero-order valence-electron chi connectivity index (χ0n) is 22.4. The molecular formula is C28H36N8O2. The summed E-state index contributed by atoms with van der Waals surface area (Å²) in [5.74, 6) is 0.404. The smallest absolute Gasteiger partial charge is 0.275 e. The van der Waals surface area contributed by atoms with Crippen molar-refractivity contribution in [3.63, 3.8) is 0 Å². The Bertz CT molecular complexity index is 1360. The molecule has 3 aromatic rings. The van der Waals surface area contributed by atoms with Crippen LogP contribution in [0.4, 0.5) is 5.69 Å². The highest BCUT2D eigenvalue weighted by atomic mass is 16.2. The maximum atomic E-state index is 14.3. The number of rotatable bonds is 7. The van der Waals surface area contributed by atoms with Crippen molar-refractivity contribution in [2.45, 2.75) is 64.6 Å². The van der Waals surface area contributed by atoms with E-state index in [1.165, 1.54) is 25.9 Å². The van der Waals surface area contributed by atoms with Gasteiger partial charge in [0.05, 0.1) is 17.8 Å². The summed E-state index contributed by atoms with van der Waals surface area (Å²) in [5, 5.41) is 19.9. The molecule has 6 rings (SSSR count). The Morgan fingerprint density at radius 3 is 2.76 bits per heavy atom. The lowest BCUT2D eigenvalue weighted by Crippen LogP contribution is -2.66. The normalized spacial score (nSPS) is 23.1. The van der Waals surface area contributed by atoms with Gasteiger partial charge in [-0.25, -0.2) is 0 Å². The molecule has 0 aliphatic carbocycles. The molecule has 1 aromatic carbocycles. The number of likely N-dealkylation sites (tertiary alicyclic amines) is 1. The van der Waals surface area contributed by atoms with E-state index in [1.54, 1.807) is 15.5 Å². The molecule has 2 amide bonds. The number of hydrogen-bond donors (Lipinski definition) is 2. The third-order valence-corrected chi connectivity index (χ3v) is 8.24. The molecule has 0 unspecified atom stereocenters. The lowest BCUT2D eigenvalue weighted by Gasteiger charge is -2.51. The maximum Gasteiger partial charge on any atom is 0.275 e. The van der Waals surface area contributed by atoms with Gasteiger partial charge in [-0.3, -0.25) is 9.59 Å². The molecule has 0 saturated carbocycles. The average molecular weight is 517 g/mol. The van der Waals surface area contributed by atoms with E-state index in [2.05, 4.69) is 56.8 Å². The first-order chi connectivity index (χ1) is 18.4. The molecule has 3 aliphatic rings. The minimum atomic E-state index is -0.575. The van der Waals surface area contributed by atoms with Crippen LogP contribution in [0.25, 0.3) is 5.65 Å². The second-order valence-corrected chi connectivity index (χ2v) is 11.1. The van der Waals surface area contributed by atoms with Crippen molar-refractivity contribution in [3.8, 4) is 0 Å². The van der Waals surface area contributed by atoms with E-state index in [1.807, 2.05) is 19.1 Å². The predicted octanol–water partition coefficient (Wildman–Crippen LogP) is 2.59. The van der Waals surface area contributed by atoms with Crippen molar-refractivity contribution >= 4 is 23.1 Å². The van der Waals surface area contributed by atoms with E-state index in [4.69, 9.17) is 0 Å². The Morgan fingerprint density at radius 2 is 1.97 bits per heavy atom. The summed E-state index contributed by atoms with van der Waals surface area (Å²) in [6.45, 7) is 10.2. The molecule has 2 saturated heterocycles. The number of fused-ring (bicyclic) bond motifs is 5. The van der Waals surface area contributed by atoms with Gasteiger partial charge in [-0.2, -0.15) is 9.61 Å².